The van der Waals surface area contributed by atoms with E-state index in [4.69, 9.17) is 15.0 Å². The number of rotatable bonds is 10. The van der Waals surface area contributed by atoms with Crippen molar-refractivity contribution < 1.29 is 43.0 Å². The number of nitrogens with zero attached hydrogens (tertiary/aromatic N) is 4. The Balaban J connectivity index is 1.06. The van der Waals surface area contributed by atoms with Crippen LogP contribution in [0.25, 0.3) is 11.2 Å². The molecule has 0 saturated carbocycles. The van der Waals surface area contributed by atoms with Crippen LogP contribution in [0.4, 0.5) is 10.6 Å². The zero-order valence-electron chi connectivity index (χ0n) is 19.9. The van der Waals surface area contributed by atoms with Crippen molar-refractivity contribution >= 4 is 48.6 Å². The van der Waals surface area contributed by atoms with Gasteiger partial charge in [0.2, 0.25) is 0 Å². The Hall–Kier alpha value is -2.53. The lowest BCUT2D eigenvalue weighted by atomic mass is 10.0. The Labute approximate surface area is 220 Å². The maximum Gasteiger partial charge on any atom is 0.322 e. The van der Waals surface area contributed by atoms with E-state index in [1.54, 1.807) is 11.8 Å². The molecule has 0 spiro atoms. The molecule has 38 heavy (non-hydrogen) atoms. The van der Waals surface area contributed by atoms with Gasteiger partial charge in [-0.25, -0.2) is 19.7 Å². The first kappa shape index (κ1) is 27.1. The number of phosphoric acid groups is 1. The number of hydrogen-bond acceptors (Lipinski definition) is 14. The van der Waals surface area contributed by atoms with Crippen molar-refractivity contribution in [3.8, 4) is 0 Å². The van der Waals surface area contributed by atoms with Crippen LogP contribution in [-0.4, -0.2) is 89.7 Å². The molecule has 3 fully saturated rings. The predicted octanol–water partition coefficient (Wildman–Crippen LogP) is -1.22. The normalized spacial score (nSPS) is 32.1. The van der Waals surface area contributed by atoms with Gasteiger partial charge in [-0.2, -0.15) is 11.8 Å². The van der Waals surface area contributed by atoms with Crippen LogP contribution in [0, 0.1) is 0 Å². The molecule has 0 bridgehead atoms. The highest BCUT2D eigenvalue weighted by atomic mass is 32.2. The molecule has 3 aliphatic rings. The number of carbonyl (C=O) groups is 2. The fourth-order valence-electron chi connectivity index (χ4n) is 4.77. The molecule has 1 unspecified atom stereocenters. The van der Waals surface area contributed by atoms with Gasteiger partial charge in [-0.3, -0.25) is 13.9 Å². The van der Waals surface area contributed by atoms with E-state index in [2.05, 4.69) is 30.1 Å². The molecule has 0 aromatic carbocycles. The topological polar surface area (TPSA) is 236 Å². The molecule has 2 amide bonds. The number of nitrogens with two attached hydrogens (primary N) is 1. The monoisotopic (exact) mass is 572 g/mol. The number of urea groups is 1. The summed E-state index contributed by atoms with van der Waals surface area (Å²) in [5.41, 5.74) is 6.27. The highest BCUT2D eigenvalue weighted by Crippen LogP contribution is 2.41. The smallest absolute Gasteiger partial charge is 0.322 e. The van der Waals surface area contributed by atoms with E-state index in [-0.39, 0.29) is 46.8 Å². The minimum atomic E-state index is -5.05. The fourth-order valence-corrected chi connectivity index (χ4v) is 7.04. The molecule has 6 N–H and O–H groups in total. The van der Waals surface area contributed by atoms with Gasteiger partial charge < -0.3 is 45.3 Å². The summed E-state index contributed by atoms with van der Waals surface area (Å²) < 4.78 is 28.4. The lowest BCUT2D eigenvalue weighted by Gasteiger charge is -2.24. The Morgan fingerprint density at radius 3 is 2.92 bits per heavy atom. The summed E-state index contributed by atoms with van der Waals surface area (Å²) in [6.45, 7) is -0.701. The van der Waals surface area contributed by atoms with E-state index in [1.165, 1.54) is 17.2 Å². The summed E-state index contributed by atoms with van der Waals surface area (Å²) in [5.74, 6) is -0.0307. The van der Waals surface area contributed by atoms with Crippen molar-refractivity contribution in [2.75, 3.05) is 18.1 Å². The number of unbranched alkanes of at least 4 members (excludes halogenated alkanes) is 1. The zero-order chi connectivity index (χ0) is 27.0. The van der Waals surface area contributed by atoms with Gasteiger partial charge in [0.25, 0.3) is 0 Å². The molecule has 3 saturated heterocycles. The number of nitrogen functional groups attached to an aromatic ring is 1. The average Bonchev–Trinajstić information content (AvgIpc) is 3.61. The van der Waals surface area contributed by atoms with Crippen molar-refractivity contribution in [2.24, 2.45) is 0 Å². The molecule has 8 atom stereocenters. The van der Waals surface area contributed by atoms with Gasteiger partial charge in [0, 0.05) is 17.4 Å². The number of phosphoric ester groups is 1. The van der Waals surface area contributed by atoms with E-state index < -0.39 is 44.9 Å². The third kappa shape index (κ3) is 5.59. The van der Waals surface area contributed by atoms with Crippen molar-refractivity contribution in [1.29, 1.82) is 0 Å². The summed E-state index contributed by atoms with van der Waals surface area (Å²) in [6.07, 6.45) is -1.22. The van der Waals surface area contributed by atoms with Crippen molar-refractivity contribution in [3.63, 3.8) is 0 Å². The van der Waals surface area contributed by atoms with Crippen LogP contribution in [0.1, 0.15) is 31.9 Å². The minimum Gasteiger partial charge on any atom is -0.746 e. The Morgan fingerprint density at radius 1 is 1.29 bits per heavy atom. The molecule has 3 aliphatic heterocycles. The van der Waals surface area contributed by atoms with Crippen LogP contribution in [0.3, 0.4) is 0 Å². The van der Waals surface area contributed by atoms with Gasteiger partial charge in [0.15, 0.2) is 17.7 Å². The number of aliphatic hydroxyl groups is 2. The number of nitrogens with one attached hydrogen (secondary N) is 2. The largest absolute Gasteiger partial charge is 0.746 e. The van der Waals surface area contributed by atoms with Gasteiger partial charge in [-0.05, 0) is 12.8 Å². The maximum absolute atomic E-state index is 12.2. The molecule has 5 heterocycles. The number of anilines is 1. The first-order valence-electron chi connectivity index (χ1n) is 11.9. The number of carbonyl (C=O) groups excluding carboxylic acids is 2. The standard InChI is InChI=1S/C20H28N7O9PS/c21-17-14-18(23-7-22-17)27(8-24-14)19-16(30)15(29)10(35-19)5-34-37(32,33)36-12(28)4-2-1-3-11-13-9(6-38-11)25-20(31)26-13/h7-11,13,15-16,19,29-30H,1-6H2,(H,32,33)(H2,21,22,23)(H2,25,26,31)/p-1/t9-,10+,11-,13-,15+,16+,19+/m0/s1. The SMILES string of the molecule is Nc1ncnc2c1ncn2[C@@H]1O[C@H](COP(=O)([O-])OC(=O)CCCC[C@@H]2SC[C@@H]3NC(=O)N[C@@H]32)[C@@H](O)[C@H]1O. The van der Waals surface area contributed by atoms with Crippen LogP contribution in [0.5, 0.6) is 0 Å². The summed E-state index contributed by atoms with van der Waals surface area (Å²) >= 11 is 1.75. The number of hydrogen-bond donors (Lipinski definition) is 5. The molecule has 18 heteroatoms. The predicted molar refractivity (Wildman–Crippen MR) is 129 cm³/mol. The number of imidazole rings is 1. The molecule has 0 radical (unpaired) electrons. The number of thioether (sulfide) groups is 1. The van der Waals surface area contributed by atoms with Crippen molar-refractivity contribution in [3.05, 3.63) is 12.7 Å². The fraction of sp³-hybridized carbons (Fsp3) is 0.650. The molecular formula is C20H27N7O9PS-. The molecule has 16 nitrogen and oxygen atoms in total. The highest BCUT2D eigenvalue weighted by molar-refractivity contribution is 8.00. The first-order chi connectivity index (χ1) is 18.1. The third-order valence-electron chi connectivity index (χ3n) is 6.67. The van der Waals surface area contributed by atoms with E-state index in [1.807, 2.05) is 0 Å². The van der Waals surface area contributed by atoms with Crippen LogP contribution < -0.4 is 21.3 Å². The second kappa shape index (κ2) is 10.9. The number of fused-ring (bicyclic) bond motifs is 2. The average molecular weight is 573 g/mol. The van der Waals surface area contributed by atoms with Gasteiger partial charge in [-0.15, -0.1) is 0 Å². The molecule has 5 rings (SSSR count). The van der Waals surface area contributed by atoms with E-state index in [9.17, 15) is 29.3 Å². The lowest BCUT2D eigenvalue weighted by molar-refractivity contribution is -0.227. The second-order valence-electron chi connectivity index (χ2n) is 9.20. The summed E-state index contributed by atoms with van der Waals surface area (Å²) in [4.78, 5) is 47.6. The van der Waals surface area contributed by atoms with Gasteiger partial charge in [0.1, 0.15) is 30.2 Å². The molecule has 2 aromatic heterocycles. The van der Waals surface area contributed by atoms with Crippen LogP contribution >= 0.6 is 19.6 Å². The van der Waals surface area contributed by atoms with E-state index in [0.717, 1.165) is 12.2 Å². The molecule has 208 valence electrons. The van der Waals surface area contributed by atoms with Gasteiger partial charge in [0.05, 0.1) is 25.0 Å². The zero-order valence-corrected chi connectivity index (χ0v) is 21.6. The van der Waals surface area contributed by atoms with Crippen molar-refractivity contribution in [1.82, 2.24) is 30.2 Å². The summed E-state index contributed by atoms with van der Waals surface area (Å²) in [5, 5.41) is 26.8. The minimum absolute atomic E-state index is 0.0555. The number of aromatic nitrogens is 4. The molecule has 2 aromatic rings. The van der Waals surface area contributed by atoms with Gasteiger partial charge >= 0.3 is 19.8 Å². The van der Waals surface area contributed by atoms with Crippen LogP contribution in [0.15, 0.2) is 12.7 Å². The van der Waals surface area contributed by atoms with Crippen LogP contribution in [-0.2, 0) is 23.1 Å². The van der Waals surface area contributed by atoms with Crippen molar-refractivity contribution in [2.45, 2.75) is 67.6 Å². The first-order valence-corrected chi connectivity index (χ1v) is 14.4. The Bertz CT molecular complexity index is 1250. The Morgan fingerprint density at radius 2 is 2.11 bits per heavy atom. The quantitative estimate of drug-likeness (QED) is 0.128. The lowest BCUT2D eigenvalue weighted by Crippen LogP contribution is -2.36. The summed E-state index contributed by atoms with van der Waals surface area (Å²) in [6, 6.07) is -0.00717. The summed E-state index contributed by atoms with van der Waals surface area (Å²) in [7, 11) is -5.05. The number of amides is 2. The molecular weight excluding hydrogens is 545 g/mol. The van der Waals surface area contributed by atoms with E-state index >= 15 is 0 Å². The van der Waals surface area contributed by atoms with Gasteiger partial charge in [-0.1, -0.05) is 6.42 Å². The van der Waals surface area contributed by atoms with Crippen LogP contribution in [0.2, 0.25) is 0 Å². The number of aliphatic hydroxyl groups excluding tert-OH is 2. The second-order valence-corrected chi connectivity index (χ2v) is 11.8. The highest BCUT2D eigenvalue weighted by Gasteiger charge is 2.45. The Kier molecular flexibility index (Phi) is 7.77. The molecule has 0 aliphatic carbocycles. The third-order valence-corrected chi connectivity index (χ3v) is 9.07. The van der Waals surface area contributed by atoms with E-state index in [0.29, 0.717) is 12.8 Å². The maximum atomic E-state index is 12.2. The number of ether oxygens (including phenoxy) is 1.